The number of amides is 1. The fraction of sp³-hybridized carbons (Fsp3) is 0.516. The van der Waals surface area contributed by atoms with Crippen LogP contribution in [0.5, 0.6) is 11.5 Å². The highest BCUT2D eigenvalue weighted by Gasteiger charge is 2.22. The maximum Gasteiger partial charge on any atom is 0.306 e. The molecule has 0 atom stereocenters. The number of carbonyl (C=O) groups is 2. The summed E-state index contributed by atoms with van der Waals surface area (Å²) in [5.74, 6) is 1.47. The van der Waals surface area contributed by atoms with Gasteiger partial charge in [0, 0.05) is 55.6 Å². The Morgan fingerprint density at radius 1 is 1.10 bits per heavy atom. The van der Waals surface area contributed by atoms with Gasteiger partial charge >= 0.3 is 5.97 Å². The van der Waals surface area contributed by atoms with Gasteiger partial charge in [-0.25, -0.2) is 15.0 Å². The number of allylic oxidation sites excluding steroid dienone is 3. The van der Waals surface area contributed by atoms with E-state index in [4.69, 9.17) is 25.8 Å². The number of ether oxygens (including phenoxy) is 3. The van der Waals surface area contributed by atoms with Crippen LogP contribution < -0.4 is 9.47 Å². The van der Waals surface area contributed by atoms with Crippen LogP contribution in [0.4, 0.5) is 5.82 Å². The summed E-state index contributed by atoms with van der Waals surface area (Å²) in [4.78, 5) is 41.8. The average Bonchev–Trinajstić information content (AvgIpc) is 2.97. The zero-order valence-corrected chi connectivity index (χ0v) is 26.0. The zero-order chi connectivity index (χ0) is 30.6. The van der Waals surface area contributed by atoms with E-state index in [2.05, 4.69) is 26.4 Å². The summed E-state index contributed by atoms with van der Waals surface area (Å²) >= 11 is 6.35. The van der Waals surface area contributed by atoms with Crippen molar-refractivity contribution in [2.75, 3.05) is 46.4 Å². The second kappa shape index (κ2) is 16.2. The first-order valence-corrected chi connectivity index (χ1v) is 14.7. The second-order valence-corrected chi connectivity index (χ2v) is 11.0. The van der Waals surface area contributed by atoms with Crippen molar-refractivity contribution in [1.82, 2.24) is 19.8 Å². The number of methoxy groups -OCH3 is 1. The number of esters is 1. The second-order valence-electron chi connectivity index (χ2n) is 10.6. The van der Waals surface area contributed by atoms with Crippen LogP contribution in [-0.2, 0) is 14.3 Å². The van der Waals surface area contributed by atoms with Crippen molar-refractivity contribution in [1.29, 1.82) is 0 Å². The Hall–Kier alpha value is -3.50. The van der Waals surface area contributed by atoms with Crippen LogP contribution in [0.3, 0.4) is 0 Å². The average molecular weight is 600 g/mol. The first-order chi connectivity index (χ1) is 20.1. The van der Waals surface area contributed by atoms with Gasteiger partial charge < -0.3 is 19.1 Å². The molecule has 1 aromatic heterocycles. The summed E-state index contributed by atoms with van der Waals surface area (Å²) in [7, 11) is 1.59. The number of carbonyl (C=O) groups excluding carboxylic acids is 2. The van der Waals surface area contributed by atoms with Gasteiger partial charge in [0.25, 0.3) is 0 Å². The van der Waals surface area contributed by atoms with Crippen LogP contribution in [0.25, 0.3) is 10.9 Å². The Kier molecular flexibility index (Phi) is 12.7. The quantitative estimate of drug-likeness (QED) is 0.163. The molecule has 2 aromatic rings. The predicted molar refractivity (Wildman–Crippen MR) is 166 cm³/mol. The largest absolute Gasteiger partial charge is 0.493 e. The van der Waals surface area contributed by atoms with Crippen molar-refractivity contribution in [3.8, 4) is 11.5 Å². The van der Waals surface area contributed by atoms with E-state index in [1.807, 2.05) is 30.9 Å². The summed E-state index contributed by atoms with van der Waals surface area (Å²) in [6.45, 7) is 15.6. The molecule has 0 bridgehead atoms. The van der Waals surface area contributed by atoms with E-state index in [-0.39, 0.29) is 36.7 Å². The number of hydrogen-bond acceptors (Lipinski definition) is 9. The van der Waals surface area contributed by atoms with Crippen LogP contribution in [-0.4, -0.2) is 89.9 Å². The normalized spacial score (nSPS) is 14.9. The highest BCUT2D eigenvalue weighted by atomic mass is 35.5. The van der Waals surface area contributed by atoms with Gasteiger partial charge in [-0.2, -0.15) is 0 Å². The molecule has 0 radical (unpaired) electrons. The van der Waals surface area contributed by atoms with E-state index in [9.17, 15) is 9.59 Å². The van der Waals surface area contributed by atoms with Gasteiger partial charge in [-0.3, -0.25) is 14.5 Å². The van der Waals surface area contributed by atoms with Gasteiger partial charge in [0.15, 0.2) is 17.3 Å². The molecule has 10 nitrogen and oxygen atoms in total. The van der Waals surface area contributed by atoms with Crippen molar-refractivity contribution in [2.45, 2.75) is 53.1 Å². The molecule has 0 unspecified atom stereocenters. The number of rotatable bonds is 14. The van der Waals surface area contributed by atoms with Crippen molar-refractivity contribution >= 4 is 45.9 Å². The molecule has 11 heteroatoms. The molecular weight excluding hydrogens is 558 g/mol. The SMILES string of the molecule is C=CC(/C=C(/Cl)C(C)C)=Nc1ncnc2cc(OC)c(OCCCN3CCN(C(=O)CCC(=O)OC(C)C)CC3)cc12. The van der Waals surface area contributed by atoms with Crippen LogP contribution in [0.2, 0.25) is 0 Å². The highest BCUT2D eigenvalue weighted by molar-refractivity contribution is 6.32. The van der Waals surface area contributed by atoms with Crippen LogP contribution >= 0.6 is 11.6 Å². The smallest absolute Gasteiger partial charge is 0.306 e. The van der Waals surface area contributed by atoms with Crippen molar-refractivity contribution in [2.24, 2.45) is 10.9 Å². The van der Waals surface area contributed by atoms with Crippen LogP contribution in [0, 0.1) is 5.92 Å². The van der Waals surface area contributed by atoms with Gasteiger partial charge in [0.2, 0.25) is 5.91 Å². The summed E-state index contributed by atoms with van der Waals surface area (Å²) in [6, 6.07) is 3.66. The maximum atomic E-state index is 12.5. The van der Waals surface area contributed by atoms with Gasteiger partial charge in [-0.1, -0.05) is 32.0 Å². The van der Waals surface area contributed by atoms with E-state index >= 15 is 0 Å². The lowest BCUT2D eigenvalue weighted by molar-refractivity contribution is -0.149. The summed E-state index contributed by atoms with van der Waals surface area (Å²) in [6.07, 6.45) is 5.81. The van der Waals surface area contributed by atoms with Crippen LogP contribution in [0.15, 0.2) is 47.2 Å². The minimum Gasteiger partial charge on any atom is -0.493 e. The first-order valence-electron chi connectivity index (χ1n) is 14.3. The number of nitrogens with zero attached hydrogens (tertiary/aromatic N) is 5. The summed E-state index contributed by atoms with van der Waals surface area (Å²) in [5.41, 5.74) is 1.28. The molecule has 3 rings (SSSR count). The van der Waals surface area contributed by atoms with Gasteiger partial charge in [0.1, 0.15) is 6.33 Å². The third kappa shape index (κ3) is 9.80. The lowest BCUT2D eigenvalue weighted by Gasteiger charge is -2.34. The number of aromatic nitrogens is 2. The Bertz CT molecular complexity index is 1300. The van der Waals surface area contributed by atoms with E-state index in [1.54, 1.807) is 33.1 Å². The minimum absolute atomic E-state index is 0.00553. The van der Waals surface area contributed by atoms with Gasteiger partial charge in [-0.05, 0) is 44.4 Å². The Morgan fingerprint density at radius 3 is 2.48 bits per heavy atom. The molecule has 1 aliphatic rings. The lowest BCUT2D eigenvalue weighted by Crippen LogP contribution is -2.49. The molecule has 1 aliphatic heterocycles. The van der Waals surface area contributed by atoms with E-state index < -0.39 is 0 Å². The lowest BCUT2D eigenvalue weighted by atomic mass is 10.1. The van der Waals surface area contributed by atoms with Crippen LogP contribution in [0.1, 0.15) is 47.0 Å². The first kappa shape index (κ1) is 33.0. The number of benzene rings is 1. The fourth-order valence-electron chi connectivity index (χ4n) is 4.36. The molecule has 0 spiro atoms. The molecule has 0 aliphatic carbocycles. The molecule has 0 N–H and O–H groups in total. The Morgan fingerprint density at radius 2 is 1.83 bits per heavy atom. The molecule has 1 fully saturated rings. The topological polar surface area (TPSA) is 106 Å². The third-order valence-corrected chi connectivity index (χ3v) is 7.24. The molecule has 1 aromatic carbocycles. The number of hydrogen-bond donors (Lipinski definition) is 0. The fourth-order valence-corrected chi connectivity index (χ4v) is 4.47. The maximum absolute atomic E-state index is 12.5. The number of aliphatic imine (C=N–C) groups is 1. The van der Waals surface area contributed by atoms with Gasteiger partial charge in [-0.15, -0.1) is 0 Å². The molecule has 0 saturated carbocycles. The standard InChI is InChI=1S/C31H42ClN5O5/c1-7-23(17-25(32)21(2)3)35-31-24-18-28(27(40-6)19-26(24)33-20-34-31)41-16-8-11-36-12-14-37(15-13-36)29(38)9-10-30(39)42-22(4)5/h7,17-22H,1,8-16H2,2-6H3/b25-17+,35-23?. The highest BCUT2D eigenvalue weighted by Crippen LogP contribution is 2.35. The summed E-state index contributed by atoms with van der Waals surface area (Å²) < 4.78 is 16.8. The molecule has 1 saturated heterocycles. The van der Waals surface area contributed by atoms with E-state index in [0.29, 0.717) is 53.3 Å². The van der Waals surface area contributed by atoms with Crippen molar-refractivity contribution < 1.29 is 23.8 Å². The van der Waals surface area contributed by atoms with Gasteiger partial charge in [0.05, 0.1) is 37.5 Å². The Labute approximate surface area is 253 Å². The molecule has 2 heterocycles. The van der Waals surface area contributed by atoms with Crippen molar-refractivity contribution in [3.63, 3.8) is 0 Å². The number of piperazine rings is 1. The van der Waals surface area contributed by atoms with E-state index in [0.717, 1.165) is 31.4 Å². The Balaban J connectivity index is 1.56. The minimum atomic E-state index is -0.332. The number of fused-ring (bicyclic) bond motifs is 1. The predicted octanol–water partition coefficient (Wildman–Crippen LogP) is 5.32. The summed E-state index contributed by atoms with van der Waals surface area (Å²) in [5, 5.41) is 1.40. The number of halogens is 1. The van der Waals surface area contributed by atoms with Crippen molar-refractivity contribution in [3.05, 3.63) is 42.2 Å². The zero-order valence-electron chi connectivity index (χ0n) is 25.3. The molecular formula is C31H42ClN5O5. The molecule has 228 valence electrons. The molecule has 1 amide bonds. The third-order valence-electron chi connectivity index (χ3n) is 6.69. The molecule has 42 heavy (non-hydrogen) atoms. The monoisotopic (exact) mass is 599 g/mol. The van der Waals surface area contributed by atoms with E-state index in [1.165, 1.54) is 6.33 Å².